The predicted octanol–water partition coefficient (Wildman–Crippen LogP) is 2.73. The van der Waals surface area contributed by atoms with E-state index in [2.05, 4.69) is 16.0 Å². The molecule has 262 valence electrons. The average Bonchev–Trinajstić information content (AvgIpc) is 3.05. The van der Waals surface area contributed by atoms with E-state index >= 15 is 0 Å². The molecule has 0 spiro atoms. The number of hydrogen-bond donors (Lipinski definition) is 6. The van der Waals surface area contributed by atoms with Gasteiger partial charge in [0, 0.05) is 5.69 Å². The third-order valence-electron chi connectivity index (χ3n) is 7.91. The Morgan fingerprint density at radius 2 is 1.61 bits per heavy atom. The second-order valence-corrected chi connectivity index (χ2v) is 16.6. The molecular weight excluding hydrogens is 682 g/mol. The van der Waals surface area contributed by atoms with E-state index in [0.29, 0.717) is 18.5 Å². The first-order valence-corrected chi connectivity index (χ1v) is 20.0. The summed E-state index contributed by atoms with van der Waals surface area (Å²) in [7, 11) is -7.52. The molecule has 3 aromatic carbocycles. The van der Waals surface area contributed by atoms with Gasteiger partial charge in [-0.15, -0.1) is 0 Å². The van der Waals surface area contributed by atoms with Crippen molar-refractivity contribution in [3.8, 4) is 0 Å². The van der Waals surface area contributed by atoms with E-state index in [9.17, 15) is 32.4 Å². The van der Waals surface area contributed by atoms with Gasteiger partial charge in [-0.05, 0) is 30.2 Å². The monoisotopic (exact) mass is 726 g/mol. The molecule has 0 saturated carbocycles. The number of phosphoric ester groups is 1. The quantitative estimate of drug-likeness (QED) is 0.0487. The number of nitrogens with one attached hydrogen (secondary N) is 3. The van der Waals surface area contributed by atoms with Gasteiger partial charge in [0.15, 0.2) is 9.84 Å². The maximum absolute atomic E-state index is 13.7. The van der Waals surface area contributed by atoms with Crippen molar-refractivity contribution < 1.29 is 41.6 Å². The first kappa shape index (κ1) is 40.6. The number of phosphoric acid groups is 1. The van der Waals surface area contributed by atoms with Crippen LogP contribution in [0.3, 0.4) is 0 Å². The Hall–Kier alpha value is -2.78. The molecule has 16 heteroatoms. The number of hydrogen-bond acceptors (Lipinski definition) is 9. The van der Waals surface area contributed by atoms with Crippen LogP contribution in [0.15, 0.2) is 83.8 Å². The molecule has 2 unspecified atom stereocenters. The van der Waals surface area contributed by atoms with Crippen LogP contribution in [0.25, 0.3) is 0 Å². The molecule has 4 atom stereocenters. The SMILES string of the molecule is COC(=O)N[C@H](C(=O)NCCCC[C@@H](COP(=O)(O)O)NC(C(C)C)S(=O)(=O)c1ccc(N)cc1)C(c1ccccc1)c1ccc[c]([Na])c1. The summed E-state index contributed by atoms with van der Waals surface area (Å²) in [6.45, 7) is 3.22. The number of alkyl carbamates (subject to hydrolysis) is 1. The van der Waals surface area contributed by atoms with Crippen LogP contribution >= 0.6 is 7.82 Å². The number of benzene rings is 3. The molecule has 7 N–H and O–H groups in total. The molecule has 3 aromatic rings. The van der Waals surface area contributed by atoms with Crippen molar-refractivity contribution in [2.45, 2.75) is 61.4 Å². The zero-order valence-electron chi connectivity index (χ0n) is 28.1. The Labute approximate surface area is 305 Å². The van der Waals surface area contributed by atoms with Gasteiger partial charge in [0.1, 0.15) is 5.37 Å². The van der Waals surface area contributed by atoms with Gasteiger partial charge in [-0.1, -0.05) is 13.8 Å². The number of carbonyl (C=O) groups excluding carboxylic acids is 2. The van der Waals surface area contributed by atoms with E-state index in [1.165, 1.54) is 31.4 Å². The van der Waals surface area contributed by atoms with Crippen LogP contribution in [0.5, 0.6) is 0 Å². The summed E-state index contributed by atoms with van der Waals surface area (Å²) in [5.74, 6) is -1.34. The van der Waals surface area contributed by atoms with Crippen molar-refractivity contribution in [3.63, 3.8) is 0 Å². The van der Waals surface area contributed by atoms with Crippen molar-refractivity contribution in [1.82, 2.24) is 16.0 Å². The number of sulfone groups is 1. The van der Waals surface area contributed by atoms with E-state index in [1.807, 2.05) is 54.6 Å². The fraction of sp³-hybridized carbons (Fsp3) is 0.394. The van der Waals surface area contributed by atoms with Crippen molar-refractivity contribution in [3.05, 3.63) is 90.0 Å². The average molecular weight is 727 g/mol. The maximum atomic E-state index is 13.7. The van der Waals surface area contributed by atoms with Crippen LogP contribution in [-0.4, -0.2) is 95.9 Å². The minimum atomic E-state index is -4.84. The fourth-order valence-electron chi connectivity index (χ4n) is 5.50. The Kier molecular flexibility index (Phi) is 15.8. The van der Waals surface area contributed by atoms with Crippen molar-refractivity contribution in [1.29, 1.82) is 0 Å². The summed E-state index contributed by atoms with van der Waals surface area (Å²) in [6, 6.07) is 21.3. The number of anilines is 1. The topological polar surface area (TPSA) is 206 Å². The summed E-state index contributed by atoms with van der Waals surface area (Å²) < 4.78 is 49.3. The zero-order valence-corrected chi connectivity index (χ0v) is 31.8. The second kappa shape index (κ2) is 19.0. The van der Waals surface area contributed by atoms with E-state index in [4.69, 9.17) is 15.0 Å². The van der Waals surface area contributed by atoms with Crippen LogP contribution in [0, 0.1) is 5.92 Å². The van der Waals surface area contributed by atoms with Crippen LogP contribution < -0.4 is 24.5 Å². The number of nitrogens with two attached hydrogens (primary N) is 1. The van der Waals surface area contributed by atoms with Crippen molar-refractivity contribution in [2.75, 3.05) is 26.0 Å². The molecule has 0 fully saturated rings. The van der Waals surface area contributed by atoms with Gasteiger partial charge >= 0.3 is 192 Å². The number of methoxy groups -OCH3 is 1. The van der Waals surface area contributed by atoms with E-state index in [0.717, 1.165) is 41.9 Å². The number of ether oxygens (including phenoxy) is 1. The number of unbranched alkanes of at least 4 members (excludes halogenated alkanes) is 1. The Balaban J connectivity index is 1.73. The molecule has 0 aliphatic carbocycles. The van der Waals surface area contributed by atoms with E-state index in [1.54, 1.807) is 13.8 Å². The second-order valence-electron chi connectivity index (χ2n) is 12.1. The third kappa shape index (κ3) is 12.8. The van der Waals surface area contributed by atoms with Gasteiger partial charge in [-0.2, -0.15) is 0 Å². The van der Waals surface area contributed by atoms with Crippen molar-refractivity contribution in [2.24, 2.45) is 5.92 Å². The summed E-state index contributed by atoms with van der Waals surface area (Å²) >= 11 is 0.799. The zero-order chi connectivity index (χ0) is 36.2. The molecule has 0 saturated heterocycles. The van der Waals surface area contributed by atoms with Crippen LogP contribution in [-0.2, 0) is 28.5 Å². The van der Waals surface area contributed by atoms with Gasteiger partial charge in [0.2, 0.25) is 0 Å². The first-order chi connectivity index (χ1) is 23.1. The van der Waals surface area contributed by atoms with Gasteiger partial charge in [0.05, 0.1) is 11.5 Å². The van der Waals surface area contributed by atoms with Crippen LogP contribution in [0.2, 0.25) is 0 Å². The minimum absolute atomic E-state index is 0.0573. The molecule has 2 amide bonds. The van der Waals surface area contributed by atoms with Gasteiger partial charge in [-0.25, -0.2) is 13.0 Å². The molecule has 49 heavy (non-hydrogen) atoms. The van der Waals surface area contributed by atoms with Crippen molar-refractivity contribution >= 4 is 66.1 Å². The Morgan fingerprint density at radius 3 is 2.20 bits per heavy atom. The molecule has 0 bridgehead atoms. The molecular formula is C33H44N4NaO9PS. The first-order valence-electron chi connectivity index (χ1n) is 15.9. The number of amides is 2. The van der Waals surface area contributed by atoms with Gasteiger partial charge in [0.25, 0.3) is 0 Å². The molecule has 0 aliphatic rings. The molecule has 3 rings (SSSR count). The van der Waals surface area contributed by atoms with E-state index < -0.39 is 65.6 Å². The normalized spacial score (nSPS) is 14.4. The predicted molar refractivity (Wildman–Crippen MR) is 188 cm³/mol. The number of nitrogen functional groups attached to an aromatic ring is 1. The molecule has 0 radical (unpaired) electrons. The standard InChI is InChI=1S/C33H44N4O9PS.Na/c1-23(2)32(48(43,44)28-19-17-26(34)18-20-28)36-27(22-46-47(40,41)42)16-10-11-21-35-31(38)30(37-33(39)45-3)29(24-12-6-4-7-13-24)25-14-8-5-9-15-25;/h4-8,12-15,17-20,23,27,29-30,32,36H,10-11,16,21-22,34H2,1-3H3,(H,35,38)(H,37,39)(H2,40,41,42);/t27-,29?,30-,32?;/m0./s1. The summed E-state index contributed by atoms with van der Waals surface area (Å²) in [4.78, 5) is 44.9. The fourth-order valence-corrected chi connectivity index (χ4v) is 8.30. The van der Waals surface area contributed by atoms with Gasteiger partial charge < -0.3 is 15.5 Å². The molecule has 0 aromatic heterocycles. The van der Waals surface area contributed by atoms with Crippen LogP contribution in [0.1, 0.15) is 50.2 Å². The molecule has 0 heterocycles. The summed E-state index contributed by atoms with van der Waals surface area (Å²) in [5.41, 5.74) is 7.84. The molecule has 13 nitrogen and oxygen atoms in total. The summed E-state index contributed by atoms with van der Waals surface area (Å²) in [5, 5.41) is 7.57. The third-order valence-corrected chi connectivity index (χ3v) is 11.3. The Bertz CT molecular complexity index is 1670. The van der Waals surface area contributed by atoms with Gasteiger partial charge in [-0.3, -0.25) is 9.84 Å². The number of rotatable bonds is 18. The summed E-state index contributed by atoms with van der Waals surface area (Å²) in [6.07, 6.45) is 0.402. The number of carbonyl (C=O) groups is 2. The molecule has 0 aliphatic heterocycles. The van der Waals surface area contributed by atoms with E-state index in [-0.39, 0.29) is 17.9 Å². The Morgan fingerprint density at radius 1 is 0.959 bits per heavy atom. The van der Waals surface area contributed by atoms with Crippen LogP contribution in [0.4, 0.5) is 10.5 Å².